The molecule has 0 saturated carbocycles. The molecule has 2 N–H and O–H groups in total. The van der Waals surface area contributed by atoms with Gasteiger partial charge in [0.15, 0.2) is 18.0 Å². The summed E-state index contributed by atoms with van der Waals surface area (Å²) in [6.45, 7) is 6.32. The summed E-state index contributed by atoms with van der Waals surface area (Å²) in [6.07, 6.45) is 0. The number of benzene rings is 2. The lowest BCUT2D eigenvalue weighted by molar-refractivity contribution is -0.918. The van der Waals surface area contributed by atoms with E-state index in [0.29, 0.717) is 13.3 Å². The van der Waals surface area contributed by atoms with Crippen LogP contribution in [0.4, 0.5) is 0 Å². The van der Waals surface area contributed by atoms with Crippen LogP contribution in [0.2, 0.25) is 0 Å². The summed E-state index contributed by atoms with van der Waals surface area (Å²) in [4.78, 5) is 17.4. The predicted molar refractivity (Wildman–Crippen MR) is 105 cm³/mol. The summed E-state index contributed by atoms with van der Waals surface area (Å²) < 4.78 is 10.8. The van der Waals surface area contributed by atoms with E-state index >= 15 is 0 Å². The third-order valence-electron chi connectivity index (χ3n) is 5.52. The van der Waals surface area contributed by atoms with E-state index in [0.717, 1.165) is 50.8 Å². The van der Waals surface area contributed by atoms with Crippen LogP contribution in [0.1, 0.15) is 11.1 Å². The van der Waals surface area contributed by atoms with Crippen LogP contribution in [0, 0.1) is 0 Å². The summed E-state index contributed by atoms with van der Waals surface area (Å²) in [5.74, 6) is 1.93. The number of nitrogens with one attached hydrogen (secondary N) is 2. The van der Waals surface area contributed by atoms with E-state index in [1.165, 1.54) is 20.9 Å². The van der Waals surface area contributed by atoms with E-state index in [2.05, 4.69) is 31.3 Å². The second-order valence-electron chi connectivity index (χ2n) is 7.79. The van der Waals surface area contributed by atoms with E-state index in [1.807, 2.05) is 29.2 Å². The molecule has 1 atom stereocenters. The number of nitrogens with zero attached hydrogens (tertiary/aromatic N) is 1. The zero-order valence-electron chi connectivity index (χ0n) is 16.4. The van der Waals surface area contributed by atoms with E-state index in [1.54, 1.807) is 0 Å². The van der Waals surface area contributed by atoms with Gasteiger partial charge in [-0.05, 0) is 18.2 Å². The number of carbonyl (C=O) groups excluding carboxylic acids is 1. The van der Waals surface area contributed by atoms with E-state index < -0.39 is 0 Å². The van der Waals surface area contributed by atoms with Crippen molar-refractivity contribution >= 4 is 5.91 Å². The molecule has 2 aliphatic heterocycles. The molecule has 0 spiro atoms. The Morgan fingerprint density at radius 1 is 1.04 bits per heavy atom. The Morgan fingerprint density at radius 2 is 1.79 bits per heavy atom. The van der Waals surface area contributed by atoms with Crippen molar-refractivity contribution in [2.45, 2.75) is 13.1 Å². The smallest absolute Gasteiger partial charge is 0.278 e. The van der Waals surface area contributed by atoms with Crippen molar-refractivity contribution in [3.05, 3.63) is 59.7 Å². The molecule has 6 heteroatoms. The molecule has 1 amide bonds. The first-order valence-electron chi connectivity index (χ1n) is 10.0. The van der Waals surface area contributed by atoms with Gasteiger partial charge in [0.05, 0.1) is 33.2 Å². The minimum Gasteiger partial charge on any atom is -0.454 e. The first kappa shape index (κ1) is 18.8. The minimum atomic E-state index is 0.260. The van der Waals surface area contributed by atoms with Gasteiger partial charge in [0.2, 0.25) is 6.79 Å². The number of piperazine rings is 1. The molecule has 2 aliphatic rings. The Balaban J connectivity index is 1.23. The largest absolute Gasteiger partial charge is 0.454 e. The Morgan fingerprint density at radius 3 is 2.57 bits per heavy atom. The average Bonchev–Trinajstić information content (AvgIpc) is 3.17. The van der Waals surface area contributed by atoms with Gasteiger partial charge in [-0.2, -0.15) is 0 Å². The first-order valence-corrected chi connectivity index (χ1v) is 10.0. The zero-order chi connectivity index (χ0) is 19.3. The van der Waals surface area contributed by atoms with Gasteiger partial charge >= 0.3 is 0 Å². The van der Waals surface area contributed by atoms with Crippen molar-refractivity contribution in [3.63, 3.8) is 0 Å². The Kier molecular flexibility index (Phi) is 5.78. The maximum Gasteiger partial charge on any atom is 0.278 e. The van der Waals surface area contributed by atoms with Crippen molar-refractivity contribution in [1.82, 2.24) is 4.90 Å². The third kappa shape index (κ3) is 4.64. The fraction of sp³-hybridized carbons (Fsp3) is 0.409. The molecule has 1 fully saturated rings. The van der Waals surface area contributed by atoms with Crippen LogP contribution in [0.15, 0.2) is 48.5 Å². The van der Waals surface area contributed by atoms with Crippen LogP contribution in [0.3, 0.4) is 0 Å². The fourth-order valence-electron chi connectivity index (χ4n) is 3.97. The van der Waals surface area contributed by atoms with Gasteiger partial charge in [-0.3, -0.25) is 4.79 Å². The topological polar surface area (TPSA) is 47.7 Å². The number of likely N-dealkylation sites (N-methyl/N-ethyl adjacent to an activating group) is 1. The third-order valence-corrected chi connectivity index (χ3v) is 5.52. The second-order valence-corrected chi connectivity index (χ2v) is 7.79. The highest BCUT2D eigenvalue weighted by atomic mass is 16.7. The van der Waals surface area contributed by atoms with E-state index in [9.17, 15) is 4.79 Å². The summed E-state index contributed by atoms with van der Waals surface area (Å²) in [7, 11) is 2.09. The number of carbonyl (C=O) groups is 1. The van der Waals surface area contributed by atoms with Gasteiger partial charge in [0.25, 0.3) is 5.91 Å². The quantitative estimate of drug-likeness (QED) is 0.698. The van der Waals surface area contributed by atoms with Gasteiger partial charge in [-0.15, -0.1) is 0 Å². The Labute approximate surface area is 166 Å². The second kappa shape index (κ2) is 8.63. The van der Waals surface area contributed by atoms with Crippen molar-refractivity contribution in [1.29, 1.82) is 0 Å². The van der Waals surface area contributed by atoms with Crippen LogP contribution in [0.25, 0.3) is 0 Å². The number of ether oxygens (including phenoxy) is 2. The summed E-state index contributed by atoms with van der Waals surface area (Å²) >= 11 is 0. The molecule has 2 aromatic carbocycles. The molecule has 2 aromatic rings. The van der Waals surface area contributed by atoms with Gasteiger partial charge in [-0.1, -0.05) is 30.3 Å². The molecular formula is C22H29N3O3+2. The molecule has 2 heterocycles. The van der Waals surface area contributed by atoms with E-state index in [4.69, 9.17) is 9.47 Å². The standard InChI is InChI=1S/C22H27N3O3/c1-23(14-18-5-3-2-4-6-18)16-22(26)25-11-9-24(10-12-25)15-19-7-8-20-21(13-19)28-17-27-20/h2-8,13H,9-12,14-17H2,1H3/p+2. The van der Waals surface area contributed by atoms with Crippen molar-refractivity contribution in [2.75, 3.05) is 46.6 Å². The number of fused-ring (bicyclic) bond motifs is 1. The number of hydrogen-bond acceptors (Lipinski definition) is 3. The maximum absolute atomic E-state index is 12.7. The lowest BCUT2D eigenvalue weighted by Crippen LogP contribution is -3.14. The van der Waals surface area contributed by atoms with Crippen molar-refractivity contribution < 1.29 is 24.1 Å². The summed E-state index contributed by atoms with van der Waals surface area (Å²) in [5, 5.41) is 0. The SMILES string of the molecule is C[NH+](CC(=O)N1CC[NH+](Cc2ccc3c(c2)OCO3)CC1)Cc1ccccc1. The van der Waals surface area contributed by atoms with Gasteiger partial charge in [0, 0.05) is 11.1 Å². The molecule has 1 unspecified atom stereocenters. The molecule has 28 heavy (non-hydrogen) atoms. The maximum atomic E-state index is 12.7. The zero-order valence-corrected chi connectivity index (χ0v) is 16.4. The molecular weight excluding hydrogens is 354 g/mol. The Hall–Kier alpha value is -2.57. The van der Waals surface area contributed by atoms with Gasteiger partial charge < -0.3 is 24.2 Å². The highest BCUT2D eigenvalue weighted by Gasteiger charge is 2.26. The van der Waals surface area contributed by atoms with Crippen LogP contribution in [-0.4, -0.2) is 57.4 Å². The molecule has 0 bridgehead atoms. The van der Waals surface area contributed by atoms with Crippen LogP contribution in [0.5, 0.6) is 11.5 Å². The van der Waals surface area contributed by atoms with Gasteiger partial charge in [-0.25, -0.2) is 0 Å². The van der Waals surface area contributed by atoms with Gasteiger partial charge in [0.1, 0.15) is 13.1 Å². The molecule has 4 rings (SSSR count). The lowest BCUT2D eigenvalue weighted by Gasteiger charge is -2.32. The minimum absolute atomic E-state index is 0.260. The molecule has 1 saturated heterocycles. The molecule has 148 valence electrons. The highest BCUT2D eigenvalue weighted by Crippen LogP contribution is 2.32. The lowest BCUT2D eigenvalue weighted by atomic mass is 10.1. The number of amides is 1. The van der Waals surface area contributed by atoms with Crippen LogP contribution >= 0.6 is 0 Å². The molecule has 6 nitrogen and oxygen atoms in total. The highest BCUT2D eigenvalue weighted by molar-refractivity contribution is 5.77. The molecule has 0 aromatic heterocycles. The molecule has 0 aliphatic carbocycles. The Bertz CT molecular complexity index is 804. The van der Waals surface area contributed by atoms with Crippen molar-refractivity contribution in [3.8, 4) is 11.5 Å². The summed E-state index contributed by atoms with van der Waals surface area (Å²) in [5.41, 5.74) is 2.52. The average molecular weight is 383 g/mol. The van der Waals surface area contributed by atoms with E-state index in [-0.39, 0.29) is 5.91 Å². The number of hydrogen-bond donors (Lipinski definition) is 2. The first-order chi connectivity index (χ1) is 13.7. The predicted octanol–water partition coefficient (Wildman–Crippen LogP) is -0.643. The van der Waals surface area contributed by atoms with Crippen molar-refractivity contribution in [2.24, 2.45) is 0 Å². The van der Waals surface area contributed by atoms with Crippen LogP contribution < -0.4 is 19.3 Å². The number of quaternary nitrogens is 2. The summed E-state index contributed by atoms with van der Waals surface area (Å²) in [6, 6.07) is 16.5. The molecule has 0 radical (unpaired) electrons. The fourth-order valence-corrected chi connectivity index (χ4v) is 3.97. The monoisotopic (exact) mass is 383 g/mol. The van der Waals surface area contributed by atoms with Crippen LogP contribution in [-0.2, 0) is 17.9 Å². The normalized spacial score (nSPS) is 17.5. The number of rotatable bonds is 6.